The van der Waals surface area contributed by atoms with Crippen molar-refractivity contribution in [3.63, 3.8) is 0 Å². The number of benzene rings is 4. The van der Waals surface area contributed by atoms with Crippen LogP contribution in [-0.2, 0) is 6.61 Å². The van der Waals surface area contributed by atoms with Crippen LogP contribution in [-0.4, -0.2) is 20.5 Å². The van der Waals surface area contributed by atoms with Crippen molar-refractivity contribution in [2.45, 2.75) is 13.5 Å². The maximum atomic E-state index is 15.0. The van der Waals surface area contributed by atoms with Crippen molar-refractivity contribution < 1.29 is 27.8 Å². The molecule has 0 saturated heterocycles. The molecule has 6 heteroatoms. The molecule has 4 aromatic carbocycles. The largest absolute Gasteiger partial charge is 0.496 e. The highest BCUT2D eigenvalue weighted by molar-refractivity contribution is 5.98. The van der Waals surface area contributed by atoms with Crippen LogP contribution in [0.25, 0.3) is 22.3 Å². The number of aryl methyl sites for hydroxylation is 1. The van der Waals surface area contributed by atoms with Crippen LogP contribution in [0.4, 0.5) is 8.78 Å². The van der Waals surface area contributed by atoms with Crippen LogP contribution in [0.2, 0.25) is 0 Å². The molecule has 0 aliphatic heterocycles. The molecule has 0 fully saturated rings. The number of ether oxygens (including phenoxy) is 3. The highest BCUT2D eigenvalue weighted by Crippen LogP contribution is 2.45. The molecule has 0 saturated carbocycles. The maximum Gasteiger partial charge on any atom is 0.165 e. The predicted octanol–water partition coefficient (Wildman–Crippen LogP) is 7.02. The molecule has 0 amide bonds. The number of halogens is 2. The number of methoxy groups -OCH3 is 2. The second-order valence-corrected chi connectivity index (χ2v) is 7.99. The third-order valence-electron chi connectivity index (χ3n) is 5.71. The lowest BCUT2D eigenvalue weighted by Gasteiger charge is -2.19. The molecule has 0 aliphatic carbocycles. The molecule has 0 unspecified atom stereocenters. The van der Waals surface area contributed by atoms with Gasteiger partial charge in [0.05, 0.1) is 19.8 Å². The summed E-state index contributed by atoms with van der Waals surface area (Å²) in [6, 6.07) is 19.8. The molecule has 178 valence electrons. The van der Waals surface area contributed by atoms with Gasteiger partial charge in [-0.3, -0.25) is 4.79 Å². The summed E-state index contributed by atoms with van der Waals surface area (Å²) in [5.74, 6) is -0.236. The Morgan fingerprint density at radius 3 is 2.09 bits per heavy atom. The van der Waals surface area contributed by atoms with Gasteiger partial charge in [0.25, 0.3) is 0 Å². The second kappa shape index (κ2) is 10.4. The first-order valence-corrected chi connectivity index (χ1v) is 10.9. The standard InChI is InChI=1S/C29H24F2O4/c1-18-4-6-19(7-5-18)17-35-26-13-10-21(14-25(26)31)28-24(16-32)29(34-3)23(15-27(28)33-2)20-8-11-22(30)12-9-20/h4-16H,17H2,1-3H3. The van der Waals surface area contributed by atoms with Crippen LogP contribution < -0.4 is 14.2 Å². The van der Waals surface area contributed by atoms with Gasteiger partial charge in [-0.05, 0) is 53.9 Å². The summed E-state index contributed by atoms with van der Waals surface area (Å²) in [6.45, 7) is 2.21. The van der Waals surface area contributed by atoms with E-state index in [-0.39, 0.29) is 29.5 Å². The van der Waals surface area contributed by atoms with Gasteiger partial charge in [0.15, 0.2) is 17.9 Å². The van der Waals surface area contributed by atoms with Crippen molar-refractivity contribution in [1.29, 1.82) is 0 Å². The fraction of sp³-hybridized carbons (Fsp3) is 0.138. The third kappa shape index (κ3) is 5.01. The molecule has 0 heterocycles. The van der Waals surface area contributed by atoms with E-state index in [2.05, 4.69) is 0 Å². The molecule has 4 nitrogen and oxygen atoms in total. The predicted molar refractivity (Wildman–Crippen MR) is 131 cm³/mol. The van der Waals surface area contributed by atoms with Crippen LogP contribution in [0.1, 0.15) is 21.5 Å². The van der Waals surface area contributed by atoms with Gasteiger partial charge in [-0.15, -0.1) is 0 Å². The SMILES string of the molecule is COc1cc(-c2ccc(F)cc2)c(OC)c(C=O)c1-c1ccc(OCc2ccc(C)cc2)c(F)c1. The van der Waals surface area contributed by atoms with E-state index in [0.717, 1.165) is 11.1 Å². The molecule has 35 heavy (non-hydrogen) atoms. The highest BCUT2D eigenvalue weighted by atomic mass is 19.1. The van der Waals surface area contributed by atoms with Gasteiger partial charge >= 0.3 is 0 Å². The fourth-order valence-electron chi connectivity index (χ4n) is 3.91. The van der Waals surface area contributed by atoms with Crippen LogP contribution in [0.5, 0.6) is 17.2 Å². The zero-order valence-corrected chi connectivity index (χ0v) is 19.6. The van der Waals surface area contributed by atoms with E-state index in [1.165, 1.54) is 38.5 Å². The number of carbonyl (C=O) groups excluding carboxylic acids is 1. The van der Waals surface area contributed by atoms with Gasteiger partial charge in [0.2, 0.25) is 0 Å². The van der Waals surface area contributed by atoms with Gasteiger partial charge in [-0.25, -0.2) is 8.78 Å². The maximum absolute atomic E-state index is 15.0. The zero-order valence-electron chi connectivity index (χ0n) is 19.6. The molecule has 0 bridgehead atoms. The molecule has 0 N–H and O–H groups in total. The first-order chi connectivity index (χ1) is 16.9. The van der Waals surface area contributed by atoms with Crippen molar-refractivity contribution in [3.05, 3.63) is 101 Å². The van der Waals surface area contributed by atoms with E-state index in [9.17, 15) is 9.18 Å². The van der Waals surface area contributed by atoms with E-state index in [1.807, 2.05) is 31.2 Å². The van der Waals surface area contributed by atoms with E-state index in [0.29, 0.717) is 34.3 Å². The summed E-state index contributed by atoms with van der Waals surface area (Å²) >= 11 is 0. The Hall–Kier alpha value is -4.19. The van der Waals surface area contributed by atoms with E-state index >= 15 is 4.39 Å². The first-order valence-electron chi connectivity index (χ1n) is 10.9. The smallest absolute Gasteiger partial charge is 0.165 e. The quantitative estimate of drug-likeness (QED) is 0.258. The molecule has 0 spiro atoms. The summed E-state index contributed by atoms with van der Waals surface area (Å²) in [5, 5.41) is 0. The summed E-state index contributed by atoms with van der Waals surface area (Å²) in [4.78, 5) is 12.2. The Balaban J connectivity index is 1.74. The molecule has 4 aromatic rings. The Labute approximate surface area is 202 Å². The summed E-state index contributed by atoms with van der Waals surface area (Å²) in [7, 11) is 2.90. The minimum atomic E-state index is -0.574. The molecule has 0 radical (unpaired) electrons. The normalized spacial score (nSPS) is 10.7. The molecule has 0 aliphatic rings. The van der Waals surface area contributed by atoms with Gasteiger partial charge in [-0.1, -0.05) is 48.0 Å². The topological polar surface area (TPSA) is 44.8 Å². The highest BCUT2D eigenvalue weighted by Gasteiger charge is 2.22. The summed E-state index contributed by atoms with van der Waals surface area (Å²) < 4.78 is 45.3. The van der Waals surface area contributed by atoms with Gasteiger partial charge in [-0.2, -0.15) is 0 Å². The van der Waals surface area contributed by atoms with Crippen molar-refractivity contribution in [3.8, 4) is 39.5 Å². The zero-order chi connectivity index (χ0) is 24.9. The van der Waals surface area contributed by atoms with Crippen molar-refractivity contribution in [2.75, 3.05) is 14.2 Å². The number of aldehydes is 1. The number of hydrogen-bond acceptors (Lipinski definition) is 4. The van der Waals surface area contributed by atoms with Crippen LogP contribution in [0.3, 0.4) is 0 Å². The average Bonchev–Trinajstić information content (AvgIpc) is 2.88. The molecule has 4 rings (SSSR count). The monoisotopic (exact) mass is 474 g/mol. The fourth-order valence-corrected chi connectivity index (χ4v) is 3.91. The van der Waals surface area contributed by atoms with Crippen LogP contribution in [0, 0.1) is 18.6 Å². The lowest BCUT2D eigenvalue weighted by atomic mass is 9.92. The van der Waals surface area contributed by atoms with Gasteiger partial charge in [0, 0.05) is 11.1 Å². The summed E-state index contributed by atoms with van der Waals surface area (Å²) in [6.07, 6.45) is 0.642. The lowest BCUT2D eigenvalue weighted by molar-refractivity contribution is 0.112. The summed E-state index contributed by atoms with van der Waals surface area (Å²) in [5.41, 5.74) is 4.24. The van der Waals surface area contributed by atoms with Gasteiger partial charge < -0.3 is 14.2 Å². The van der Waals surface area contributed by atoms with Crippen molar-refractivity contribution in [2.24, 2.45) is 0 Å². The first kappa shape index (κ1) is 24.0. The number of carbonyl (C=O) groups is 1. The Bertz CT molecular complexity index is 1350. The van der Waals surface area contributed by atoms with Crippen LogP contribution >= 0.6 is 0 Å². The Morgan fingerprint density at radius 1 is 0.800 bits per heavy atom. The number of rotatable bonds is 8. The number of hydrogen-bond donors (Lipinski definition) is 0. The lowest BCUT2D eigenvalue weighted by Crippen LogP contribution is -2.02. The van der Waals surface area contributed by atoms with E-state index in [1.54, 1.807) is 24.3 Å². The minimum Gasteiger partial charge on any atom is -0.496 e. The van der Waals surface area contributed by atoms with Gasteiger partial charge in [0.1, 0.15) is 23.9 Å². The third-order valence-corrected chi connectivity index (χ3v) is 5.71. The van der Waals surface area contributed by atoms with Crippen LogP contribution in [0.15, 0.2) is 72.8 Å². The molecule has 0 atom stereocenters. The second-order valence-electron chi connectivity index (χ2n) is 7.99. The Morgan fingerprint density at radius 2 is 1.49 bits per heavy atom. The molecule has 0 aromatic heterocycles. The average molecular weight is 475 g/mol. The van der Waals surface area contributed by atoms with E-state index in [4.69, 9.17) is 14.2 Å². The van der Waals surface area contributed by atoms with Crippen molar-refractivity contribution in [1.82, 2.24) is 0 Å². The minimum absolute atomic E-state index is 0.0934. The van der Waals surface area contributed by atoms with Crippen molar-refractivity contribution >= 4 is 6.29 Å². The molecular formula is C29H24F2O4. The van der Waals surface area contributed by atoms with E-state index < -0.39 is 5.82 Å². The Kier molecular flexibility index (Phi) is 7.11. The molecular weight excluding hydrogens is 450 g/mol.